The minimum atomic E-state index is -1.60. The lowest BCUT2D eigenvalue weighted by Crippen LogP contribution is -2.18. The van der Waals surface area contributed by atoms with Crippen molar-refractivity contribution >= 4 is 27.8 Å². The molecule has 0 amide bonds. The molecule has 164 valence electrons. The molecular formula is C22H20N4O4S2. The van der Waals surface area contributed by atoms with Gasteiger partial charge in [-0.2, -0.15) is 14.9 Å². The molecule has 2 atom stereocenters. The molecule has 2 unspecified atom stereocenters. The minimum absolute atomic E-state index is 0.300. The lowest BCUT2D eigenvalue weighted by molar-refractivity contribution is 0.215. The molecule has 0 saturated heterocycles. The van der Waals surface area contributed by atoms with Crippen LogP contribution in [0.15, 0.2) is 76.7 Å². The van der Waals surface area contributed by atoms with Crippen molar-refractivity contribution < 1.29 is 16.9 Å². The lowest BCUT2D eigenvalue weighted by atomic mass is 10.1. The molecule has 1 aliphatic carbocycles. The van der Waals surface area contributed by atoms with Crippen LogP contribution in [0.5, 0.6) is 0 Å². The van der Waals surface area contributed by atoms with Crippen LogP contribution in [0.4, 0.5) is 0 Å². The largest absolute Gasteiger partial charge is 0.290 e. The van der Waals surface area contributed by atoms with Crippen molar-refractivity contribution in [3.8, 4) is 22.5 Å². The Morgan fingerprint density at radius 2 is 1.78 bits per heavy atom. The Labute approximate surface area is 189 Å². The van der Waals surface area contributed by atoms with Crippen LogP contribution in [-0.2, 0) is 30.6 Å². The van der Waals surface area contributed by atoms with Gasteiger partial charge in [0.25, 0.3) is 0 Å². The first-order valence-corrected chi connectivity index (χ1v) is 12.1. The lowest BCUT2D eigenvalue weighted by Gasteiger charge is -2.07. The maximum Gasteiger partial charge on any atom is 0.206 e. The summed E-state index contributed by atoms with van der Waals surface area (Å²) in [5.74, 6) is 0. The van der Waals surface area contributed by atoms with Gasteiger partial charge in [-0.15, -0.1) is 0 Å². The molecule has 0 radical (unpaired) electrons. The molecule has 32 heavy (non-hydrogen) atoms. The molecule has 10 heteroatoms. The average molecular weight is 469 g/mol. The fourth-order valence-electron chi connectivity index (χ4n) is 3.18. The molecule has 1 fully saturated rings. The number of hydrogen-bond acceptors (Lipinski definition) is 7. The van der Waals surface area contributed by atoms with E-state index in [1.165, 1.54) is 7.11 Å². The van der Waals surface area contributed by atoms with Gasteiger partial charge in [0.1, 0.15) is 0 Å². The highest BCUT2D eigenvalue weighted by Crippen LogP contribution is 2.25. The number of fused-ring (bicyclic) bond motifs is 1. The zero-order valence-electron chi connectivity index (χ0n) is 17.1. The van der Waals surface area contributed by atoms with Gasteiger partial charge in [0.05, 0.1) is 34.5 Å². The van der Waals surface area contributed by atoms with Crippen molar-refractivity contribution in [1.29, 1.82) is 0 Å². The second-order valence-corrected chi connectivity index (χ2v) is 9.68. The van der Waals surface area contributed by atoms with E-state index in [1.807, 2.05) is 42.5 Å². The Morgan fingerprint density at radius 3 is 2.53 bits per heavy atom. The quantitative estimate of drug-likeness (QED) is 0.396. The van der Waals surface area contributed by atoms with E-state index in [0.29, 0.717) is 27.2 Å². The summed E-state index contributed by atoms with van der Waals surface area (Å²) >= 11 is -3.09. The summed E-state index contributed by atoms with van der Waals surface area (Å²) in [7, 11) is 1.40. The number of rotatable bonds is 8. The molecule has 0 spiro atoms. The Balaban J connectivity index is 1.45. The van der Waals surface area contributed by atoms with E-state index in [2.05, 4.69) is 10.5 Å². The average Bonchev–Trinajstić information content (AvgIpc) is 3.59. The summed E-state index contributed by atoms with van der Waals surface area (Å²) in [6.45, 7) is 0. The topological polar surface area (TPSA) is 94.8 Å². The SMILES string of the molecule is COS(=O)c1ccc(-c2cnc3ccc(-c4cccc(S(=O)ONC5CC5)c4)nn23)cc1. The molecular weight excluding hydrogens is 448 g/mol. The first-order valence-electron chi connectivity index (χ1n) is 9.99. The molecule has 1 N–H and O–H groups in total. The highest BCUT2D eigenvalue weighted by Gasteiger charge is 2.22. The molecule has 8 nitrogen and oxygen atoms in total. The smallest absolute Gasteiger partial charge is 0.206 e. The van der Waals surface area contributed by atoms with E-state index >= 15 is 0 Å². The van der Waals surface area contributed by atoms with Crippen LogP contribution in [0.2, 0.25) is 0 Å². The summed E-state index contributed by atoms with van der Waals surface area (Å²) in [4.78, 5) is 5.58. The molecule has 1 saturated carbocycles. The van der Waals surface area contributed by atoms with Gasteiger partial charge in [0.15, 0.2) is 16.7 Å². The predicted octanol–water partition coefficient (Wildman–Crippen LogP) is 3.44. The van der Waals surface area contributed by atoms with Crippen molar-refractivity contribution in [3.05, 3.63) is 66.9 Å². The Hall–Kier alpha value is -2.76. The van der Waals surface area contributed by atoms with Gasteiger partial charge in [-0.25, -0.2) is 17.9 Å². The van der Waals surface area contributed by atoms with Crippen molar-refractivity contribution in [2.24, 2.45) is 0 Å². The van der Waals surface area contributed by atoms with Gasteiger partial charge in [-0.1, -0.05) is 24.3 Å². The minimum Gasteiger partial charge on any atom is -0.290 e. The Bertz CT molecular complexity index is 1320. The maximum absolute atomic E-state index is 12.4. The number of aromatic nitrogens is 3. The number of benzene rings is 2. The molecule has 5 rings (SSSR count). The highest BCUT2D eigenvalue weighted by atomic mass is 32.2. The summed E-state index contributed by atoms with van der Waals surface area (Å²) < 4.78 is 36.1. The van der Waals surface area contributed by atoms with Crippen molar-refractivity contribution in [2.75, 3.05) is 7.11 Å². The molecule has 2 heterocycles. The third-order valence-electron chi connectivity index (χ3n) is 5.05. The number of nitrogens with one attached hydrogen (secondary N) is 1. The number of imidazole rings is 1. The van der Waals surface area contributed by atoms with Crippen molar-refractivity contribution in [2.45, 2.75) is 28.7 Å². The van der Waals surface area contributed by atoms with E-state index in [4.69, 9.17) is 13.6 Å². The van der Waals surface area contributed by atoms with Crippen LogP contribution in [0, 0.1) is 0 Å². The van der Waals surface area contributed by atoms with E-state index < -0.39 is 22.2 Å². The van der Waals surface area contributed by atoms with Gasteiger partial charge in [0, 0.05) is 17.2 Å². The first-order chi connectivity index (χ1) is 15.6. The highest BCUT2D eigenvalue weighted by molar-refractivity contribution is 7.80. The van der Waals surface area contributed by atoms with Gasteiger partial charge < -0.3 is 0 Å². The number of hydroxylamine groups is 1. The Kier molecular flexibility index (Phi) is 5.94. The summed E-state index contributed by atoms with van der Waals surface area (Å²) in [5.41, 5.74) is 6.73. The van der Waals surface area contributed by atoms with E-state index in [0.717, 1.165) is 29.7 Å². The predicted molar refractivity (Wildman–Crippen MR) is 121 cm³/mol. The molecule has 4 aromatic rings. The molecule has 1 aliphatic rings. The number of nitrogens with zero attached hydrogens (tertiary/aromatic N) is 3. The van der Waals surface area contributed by atoms with Crippen LogP contribution in [0.3, 0.4) is 0 Å². The van der Waals surface area contributed by atoms with Crippen LogP contribution < -0.4 is 5.48 Å². The molecule has 2 aromatic carbocycles. The fraction of sp³-hybridized carbons (Fsp3) is 0.182. The van der Waals surface area contributed by atoms with E-state index in [-0.39, 0.29) is 0 Å². The normalized spacial score (nSPS) is 15.7. The summed E-state index contributed by atoms with van der Waals surface area (Å²) in [5, 5.41) is 4.75. The standard InChI is InChI=1S/C22H20N4O4S2/c1-29-31(27)18-9-5-15(6-10-18)21-14-23-22-12-11-20(24-26(21)22)16-3-2-4-19(13-16)32(28)30-25-17-7-8-17/h2-6,9-14,17,25H,7-8H2,1H3. The van der Waals surface area contributed by atoms with Crippen LogP contribution in [0.25, 0.3) is 28.2 Å². The van der Waals surface area contributed by atoms with Crippen molar-refractivity contribution in [3.63, 3.8) is 0 Å². The van der Waals surface area contributed by atoms with Gasteiger partial charge >= 0.3 is 0 Å². The third-order valence-corrected chi connectivity index (χ3v) is 6.89. The maximum atomic E-state index is 12.4. The molecule has 2 aromatic heterocycles. The Morgan fingerprint density at radius 1 is 0.969 bits per heavy atom. The zero-order chi connectivity index (χ0) is 22.1. The van der Waals surface area contributed by atoms with Crippen LogP contribution in [-0.4, -0.2) is 36.2 Å². The first kappa shape index (κ1) is 21.1. The van der Waals surface area contributed by atoms with Crippen molar-refractivity contribution in [1.82, 2.24) is 20.1 Å². The fourth-order valence-corrected chi connectivity index (χ4v) is 4.46. The van der Waals surface area contributed by atoms with Crippen LogP contribution >= 0.6 is 0 Å². The summed E-state index contributed by atoms with van der Waals surface area (Å²) in [6.07, 6.45) is 3.83. The molecule has 0 aliphatic heterocycles. The second kappa shape index (κ2) is 9.00. The van der Waals surface area contributed by atoms with E-state index in [1.54, 1.807) is 28.9 Å². The third kappa shape index (κ3) is 4.41. The van der Waals surface area contributed by atoms with Gasteiger partial charge in [-0.05, 0) is 49.2 Å². The second-order valence-electron chi connectivity index (χ2n) is 7.30. The molecule has 0 bridgehead atoms. The zero-order valence-corrected chi connectivity index (χ0v) is 18.8. The van der Waals surface area contributed by atoms with Gasteiger partial charge in [0.2, 0.25) is 11.1 Å². The monoisotopic (exact) mass is 468 g/mol. The summed E-state index contributed by atoms with van der Waals surface area (Å²) in [6, 6.07) is 18.6. The van der Waals surface area contributed by atoms with E-state index in [9.17, 15) is 8.42 Å². The number of hydrogen-bond donors (Lipinski definition) is 1. The van der Waals surface area contributed by atoms with Gasteiger partial charge in [-0.3, -0.25) is 4.18 Å². The van der Waals surface area contributed by atoms with Crippen LogP contribution in [0.1, 0.15) is 12.8 Å².